The maximum atomic E-state index is 14.2. The van der Waals surface area contributed by atoms with Crippen molar-refractivity contribution in [1.82, 2.24) is 9.88 Å². The summed E-state index contributed by atoms with van der Waals surface area (Å²) in [4.78, 5) is 26.6. The number of amides is 1. The molecule has 1 aliphatic heterocycles. The molecule has 1 saturated carbocycles. The number of aryl methyl sites for hydroxylation is 1. The molecule has 3 N–H and O–H groups in total. The third-order valence-corrected chi connectivity index (χ3v) is 11.8. The van der Waals surface area contributed by atoms with Crippen LogP contribution in [-0.2, 0) is 32.3 Å². The largest absolute Gasteiger partial charge is 0.487 e. The van der Waals surface area contributed by atoms with Crippen LogP contribution in [0.4, 0.5) is 4.79 Å². The first-order valence-corrected chi connectivity index (χ1v) is 21.8. The Morgan fingerprint density at radius 2 is 1.79 bits per heavy atom. The second-order valence-electron chi connectivity index (χ2n) is 15.8. The van der Waals surface area contributed by atoms with E-state index >= 15 is 0 Å². The number of ether oxygens (including phenoxy) is 5. The Bertz CT molecular complexity index is 1920. The molecule has 6 unspecified atom stereocenters. The zero-order valence-corrected chi connectivity index (χ0v) is 35.7. The van der Waals surface area contributed by atoms with Gasteiger partial charge in [0.15, 0.2) is 0 Å². The average Bonchev–Trinajstić information content (AvgIpc) is 3.27. The van der Waals surface area contributed by atoms with Gasteiger partial charge < -0.3 is 43.8 Å². The SMILES string of the molecule is C=CCOC12Oc3ccc(OCc4cccc(C)n4)cc3C3C(CCCCO)C(CCCCO)C=C(C(=NOCc4ccccc4)CC1N(CCOCCO)C(=O)OCC)C32. The monoisotopic (exact) mass is 841 g/mol. The molecule has 2 heterocycles. The van der Waals surface area contributed by atoms with Gasteiger partial charge in [0.1, 0.15) is 30.8 Å². The molecule has 6 rings (SSSR count). The highest BCUT2D eigenvalue weighted by atomic mass is 16.7. The molecule has 61 heavy (non-hydrogen) atoms. The van der Waals surface area contributed by atoms with Gasteiger partial charge in [0, 0.05) is 43.4 Å². The number of aliphatic hydroxyl groups excluding tert-OH is 3. The minimum absolute atomic E-state index is 0.0382. The van der Waals surface area contributed by atoms with E-state index in [9.17, 15) is 20.1 Å². The first-order valence-electron chi connectivity index (χ1n) is 21.8. The molecule has 6 atom stereocenters. The number of rotatable bonds is 24. The highest BCUT2D eigenvalue weighted by Gasteiger charge is 2.65. The number of aromatic nitrogens is 1. The fourth-order valence-corrected chi connectivity index (χ4v) is 9.24. The lowest BCUT2D eigenvalue weighted by atomic mass is 9.55. The highest BCUT2D eigenvalue weighted by Crippen LogP contribution is 2.62. The number of oxime groups is 1. The van der Waals surface area contributed by atoms with Gasteiger partial charge in [-0.25, -0.2) is 4.79 Å². The van der Waals surface area contributed by atoms with Crippen LogP contribution >= 0.6 is 0 Å². The molecule has 1 aromatic heterocycles. The van der Waals surface area contributed by atoms with Crippen LogP contribution in [0, 0.1) is 24.7 Å². The van der Waals surface area contributed by atoms with Gasteiger partial charge in [-0.2, -0.15) is 0 Å². The van der Waals surface area contributed by atoms with Gasteiger partial charge in [-0.3, -0.25) is 9.88 Å². The molecule has 2 aliphatic carbocycles. The standard InChI is InChI=1S/C48H63N3O10/c1-4-26-59-48-44(51(47(55)57-5-2)22-27-56-28-25-54)31-42(50-60-32-35-15-7-6-8-16-35)40-29-36(17-9-11-23-52)39(19-10-12-24-53)45(46(40)48)41-30-38(20-21-43(41)61-48)58-33-37-18-13-14-34(3)49-37/h4,6-8,13-16,18,20-21,29-30,36,39,44-46,52-54H,1,5,9-12,17,19,22-28,31-33H2,2-3H3. The smallest absolute Gasteiger partial charge is 0.410 e. The molecule has 330 valence electrons. The summed E-state index contributed by atoms with van der Waals surface area (Å²) in [5.74, 6) is -0.822. The fraction of sp³-hybridized carbons (Fsp3) is 0.521. The lowest BCUT2D eigenvalue weighted by Gasteiger charge is -2.59. The van der Waals surface area contributed by atoms with Gasteiger partial charge in [-0.15, -0.1) is 6.58 Å². The van der Waals surface area contributed by atoms with Crippen molar-refractivity contribution in [2.45, 2.75) is 89.8 Å². The van der Waals surface area contributed by atoms with Crippen molar-refractivity contribution in [2.75, 3.05) is 52.8 Å². The van der Waals surface area contributed by atoms with E-state index in [4.69, 9.17) is 33.7 Å². The minimum Gasteiger partial charge on any atom is -0.487 e. The normalized spacial score (nSPS) is 23.3. The topological polar surface area (TPSA) is 162 Å². The number of aliphatic hydroxyl groups is 3. The molecular weight excluding hydrogens is 779 g/mol. The molecule has 3 aromatic rings. The molecule has 0 spiro atoms. The van der Waals surface area contributed by atoms with Crippen LogP contribution < -0.4 is 9.47 Å². The van der Waals surface area contributed by atoms with Gasteiger partial charge in [0.2, 0.25) is 5.79 Å². The summed E-state index contributed by atoms with van der Waals surface area (Å²) in [5, 5.41) is 34.3. The second kappa shape index (κ2) is 22.9. The van der Waals surface area contributed by atoms with Crippen molar-refractivity contribution in [3.63, 3.8) is 0 Å². The summed E-state index contributed by atoms with van der Waals surface area (Å²) in [7, 11) is 0. The minimum atomic E-state index is -1.46. The number of carbonyl (C=O) groups excluding carboxylic acids is 1. The van der Waals surface area contributed by atoms with E-state index in [1.165, 1.54) is 0 Å². The second-order valence-corrected chi connectivity index (χ2v) is 15.8. The predicted molar refractivity (Wildman–Crippen MR) is 231 cm³/mol. The summed E-state index contributed by atoms with van der Waals surface area (Å²) in [6.45, 7) is 8.90. The van der Waals surface area contributed by atoms with Crippen LogP contribution in [0.25, 0.3) is 0 Å². The van der Waals surface area contributed by atoms with Gasteiger partial charge in [-0.05, 0) is 92.8 Å². The number of pyridine rings is 1. The van der Waals surface area contributed by atoms with E-state index in [0.29, 0.717) is 30.1 Å². The number of allylic oxidation sites excluding steroid dienone is 1. The molecule has 0 radical (unpaired) electrons. The van der Waals surface area contributed by atoms with Crippen LogP contribution in [0.15, 0.2) is 96.2 Å². The fourth-order valence-electron chi connectivity index (χ4n) is 9.24. The molecule has 13 heteroatoms. The molecular formula is C48H63N3O10. The van der Waals surface area contributed by atoms with E-state index in [1.807, 2.05) is 67.6 Å². The van der Waals surface area contributed by atoms with E-state index in [2.05, 4.69) is 23.7 Å². The zero-order chi connectivity index (χ0) is 43.0. The van der Waals surface area contributed by atoms with Crippen molar-refractivity contribution in [3.05, 3.63) is 114 Å². The van der Waals surface area contributed by atoms with Gasteiger partial charge >= 0.3 is 6.09 Å². The molecule has 1 fully saturated rings. The Kier molecular flexibility index (Phi) is 17.2. The van der Waals surface area contributed by atoms with E-state index in [0.717, 1.165) is 53.8 Å². The summed E-state index contributed by atoms with van der Waals surface area (Å²) in [5.41, 5.74) is 5.22. The Hall–Kier alpha value is -4.79. The quantitative estimate of drug-likeness (QED) is 0.0473. The van der Waals surface area contributed by atoms with Crippen molar-refractivity contribution < 1.29 is 48.6 Å². The van der Waals surface area contributed by atoms with Crippen molar-refractivity contribution in [1.29, 1.82) is 0 Å². The van der Waals surface area contributed by atoms with Gasteiger partial charge in [0.25, 0.3) is 0 Å². The highest BCUT2D eigenvalue weighted by molar-refractivity contribution is 6.03. The molecule has 3 aliphatic rings. The first-order chi connectivity index (χ1) is 29.9. The molecule has 13 nitrogen and oxygen atoms in total. The number of nitrogens with zero attached hydrogens (tertiary/aromatic N) is 3. The number of hydrogen-bond donors (Lipinski definition) is 3. The Morgan fingerprint density at radius 1 is 0.984 bits per heavy atom. The van der Waals surface area contributed by atoms with Crippen LogP contribution in [0.5, 0.6) is 11.5 Å². The van der Waals surface area contributed by atoms with E-state index < -0.39 is 23.8 Å². The number of fused-ring (bicyclic) bond motifs is 2. The Labute approximate surface area is 360 Å². The van der Waals surface area contributed by atoms with Crippen molar-refractivity contribution in [2.24, 2.45) is 22.9 Å². The first kappa shape index (κ1) is 45.7. The maximum absolute atomic E-state index is 14.2. The third kappa shape index (κ3) is 11.2. The molecule has 2 aromatic carbocycles. The molecule has 1 amide bonds. The lowest BCUT2D eigenvalue weighted by molar-refractivity contribution is -0.256. The summed E-state index contributed by atoms with van der Waals surface area (Å²) in [6.07, 6.45) is 8.18. The van der Waals surface area contributed by atoms with Crippen LogP contribution in [-0.4, -0.2) is 102 Å². The Balaban J connectivity index is 1.55. The zero-order valence-electron chi connectivity index (χ0n) is 35.7. The number of hydrogen-bond acceptors (Lipinski definition) is 12. The Morgan fingerprint density at radius 3 is 2.52 bits per heavy atom. The maximum Gasteiger partial charge on any atom is 0.410 e. The number of carbonyl (C=O) groups is 1. The number of unbranched alkanes of at least 4 members (excludes halogenated alkanes) is 2. The van der Waals surface area contributed by atoms with Gasteiger partial charge in [0.05, 0.1) is 50.4 Å². The van der Waals surface area contributed by atoms with Crippen LogP contribution in [0.2, 0.25) is 0 Å². The van der Waals surface area contributed by atoms with Crippen LogP contribution in [0.3, 0.4) is 0 Å². The predicted octanol–water partition coefficient (Wildman–Crippen LogP) is 7.27. The summed E-state index contributed by atoms with van der Waals surface area (Å²) < 4.78 is 32.2. The molecule has 0 bridgehead atoms. The van der Waals surface area contributed by atoms with Gasteiger partial charge in [-0.1, -0.05) is 66.5 Å². The third-order valence-electron chi connectivity index (χ3n) is 11.8. The number of benzene rings is 2. The lowest BCUT2D eigenvalue weighted by Crippen LogP contribution is -2.70. The summed E-state index contributed by atoms with van der Waals surface area (Å²) >= 11 is 0. The van der Waals surface area contributed by atoms with Crippen molar-refractivity contribution in [3.8, 4) is 11.5 Å². The van der Waals surface area contributed by atoms with Crippen molar-refractivity contribution >= 4 is 11.8 Å². The molecule has 0 saturated heterocycles. The average molecular weight is 842 g/mol. The van der Waals surface area contributed by atoms with Crippen LogP contribution in [0.1, 0.15) is 80.3 Å². The van der Waals surface area contributed by atoms with E-state index in [-0.39, 0.29) is 90.2 Å². The van der Waals surface area contributed by atoms with E-state index in [1.54, 1.807) is 17.9 Å². The summed E-state index contributed by atoms with van der Waals surface area (Å²) in [6, 6.07) is 20.8.